The number of allylic oxidation sites excluding steroid dienone is 2. The average molecular weight is 401 g/mol. The molecule has 2 N–H and O–H groups in total. The number of carbonyl (C=O) groups excluding carboxylic acids is 1. The van der Waals surface area contributed by atoms with Crippen molar-refractivity contribution in [1.82, 2.24) is 15.1 Å². The third-order valence-electron chi connectivity index (χ3n) is 6.63. The normalized spacial score (nSPS) is 27.9. The smallest absolute Gasteiger partial charge is 0.267 e. The second-order valence-corrected chi connectivity index (χ2v) is 8.62. The number of aliphatic hydroxyl groups excluding tert-OH is 1. The van der Waals surface area contributed by atoms with Crippen molar-refractivity contribution in [3.63, 3.8) is 0 Å². The van der Waals surface area contributed by atoms with Crippen LogP contribution in [-0.4, -0.2) is 46.0 Å². The van der Waals surface area contributed by atoms with Crippen molar-refractivity contribution in [3.8, 4) is 0 Å². The lowest BCUT2D eigenvalue weighted by Crippen LogP contribution is -2.48. The molecule has 29 heavy (non-hydrogen) atoms. The summed E-state index contributed by atoms with van der Waals surface area (Å²) >= 11 is 0. The maximum atomic E-state index is 12.5. The van der Waals surface area contributed by atoms with E-state index in [1.54, 1.807) is 12.1 Å². The Labute approximate surface area is 171 Å². The highest BCUT2D eigenvalue weighted by atomic mass is 16.3. The summed E-state index contributed by atoms with van der Waals surface area (Å²) in [4.78, 5) is 27.1. The van der Waals surface area contributed by atoms with E-state index < -0.39 is 6.10 Å². The van der Waals surface area contributed by atoms with Crippen LogP contribution in [-0.2, 0) is 4.79 Å². The first-order valence-electron chi connectivity index (χ1n) is 11.1. The topological polar surface area (TPSA) is 87.5 Å². The summed E-state index contributed by atoms with van der Waals surface area (Å²) in [6, 6.07) is 3.29. The van der Waals surface area contributed by atoms with E-state index in [2.05, 4.69) is 27.5 Å². The van der Waals surface area contributed by atoms with Gasteiger partial charge < -0.3 is 15.3 Å². The van der Waals surface area contributed by atoms with Crippen LogP contribution >= 0.6 is 0 Å². The highest BCUT2D eigenvalue weighted by molar-refractivity contribution is 5.79. The van der Waals surface area contributed by atoms with Gasteiger partial charge in [-0.15, -0.1) is 0 Å². The van der Waals surface area contributed by atoms with Gasteiger partial charge in [0.25, 0.3) is 5.56 Å². The minimum atomic E-state index is -0.513. The monoisotopic (exact) mass is 400 g/mol. The summed E-state index contributed by atoms with van der Waals surface area (Å²) in [6.45, 7) is 1.46. The number of hydrogen-bond acceptors (Lipinski definition) is 5. The third-order valence-corrected chi connectivity index (χ3v) is 6.63. The molecule has 3 atom stereocenters. The quantitative estimate of drug-likeness (QED) is 0.740. The second kappa shape index (κ2) is 9.11. The SMILES string of the molecule is O=C(NCC1CCCCN1c1ccc(=O)n(C2CCCCC2O)n1)C1CC=CC1. The molecule has 1 amide bonds. The molecule has 1 aliphatic heterocycles. The highest BCUT2D eigenvalue weighted by Gasteiger charge is 2.29. The van der Waals surface area contributed by atoms with Gasteiger partial charge in [0.2, 0.25) is 5.91 Å². The van der Waals surface area contributed by atoms with E-state index in [4.69, 9.17) is 0 Å². The van der Waals surface area contributed by atoms with Gasteiger partial charge in [-0.3, -0.25) is 9.59 Å². The van der Waals surface area contributed by atoms with Crippen LogP contribution in [0.1, 0.15) is 63.8 Å². The van der Waals surface area contributed by atoms with E-state index >= 15 is 0 Å². The molecule has 4 rings (SSSR count). The fourth-order valence-corrected chi connectivity index (χ4v) is 4.89. The number of amides is 1. The Morgan fingerprint density at radius 2 is 1.86 bits per heavy atom. The number of carbonyl (C=O) groups is 1. The van der Waals surface area contributed by atoms with Crippen molar-refractivity contribution in [2.75, 3.05) is 18.0 Å². The van der Waals surface area contributed by atoms with Gasteiger partial charge in [0.1, 0.15) is 5.82 Å². The molecule has 7 heteroatoms. The molecule has 2 heterocycles. The van der Waals surface area contributed by atoms with E-state index in [-0.39, 0.29) is 29.5 Å². The molecule has 2 fully saturated rings. The van der Waals surface area contributed by atoms with Crippen LogP contribution < -0.4 is 15.8 Å². The Kier molecular flexibility index (Phi) is 6.33. The predicted molar refractivity (Wildman–Crippen MR) is 112 cm³/mol. The van der Waals surface area contributed by atoms with Crippen LogP contribution in [0.15, 0.2) is 29.1 Å². The Morgan fingerprint density at radius 1 is 1.10 bits per heavy atom. The molecule has 0 bridgehead atoms. The largest absolute Gasteiger partial charge is 0.391 e. The molecule has 0 aromatic carbocycles. The van der Waals surface area contributed by atoms with Crippen molar-refractivity contribution in [3.05, 3.63) is 34.6 Å². The van der Waals surface area contributed by atoms with Crippen LogP contribution in [0.4, 0.5) is 5.82 Å². The van der Waals surface area contributed by atoms with E-state index in [0.29, 0.717) is 6.54 Å². The summed E-state index contributed by atoms with van der Waals surface area (Å²) in [5, 5.41) is 18.2. The zero-order chi connectivity index (χ0) is 20.2. The van der Waals surface area contributed by atoms with Crippen molar-refractivity contribution in [1.29, 1.82) is 0 Å². The number of aliphatic hydroxyl groups is 1. The molecular weight excluding hydrogens is 368 g/mol. The fourth-order valence-electron chi connectivity index (χ4n) is 4.89. The van der Waals surface area contributed by atoms with Crippen molar-refractivity contribution in [2.45, 2.75) is 76.0 Å². The van der Waals surface area contributed by atoms with E-state index in [9.17, 15) is 14.7 Å². The zero-order valence-corrected chi connectivity index (χ0v) is 17.0. The maximum Gasteiger partial charge on any atom is 0.267 e. The van der Waals surface area contributed by atoms with Gasteiger partial charge in [-0.25, -0.2) is 4.68 Å². The van der Waals surface area contributed by atoms with Gasteiger partial charge in [-0.1, -0.05) is 25.0 Å². The minimum absolute atomic E-state index is 0.0693. The molecule has 7 nitrogen and oxygen atoms in total. The van der Waals surface area contributed by atoms with E-state index in [1.165, 1.54) is 4.68 Å². The van der Waals surface area contributed by atoms with Crippen LogP contribution in [0.5, 0.6) is 0 Å². The predicted octanol–water partition coefficient (Wildman–Crippen LogP) is 2.16. The number of piperidine rings is 1. The average Bonchev–Trinajstić information content (AvgIpc) is 3.28. The van der Waals surface area contributed by atoms with Gasteiger partial charge in [-0.05, 0) is 51.0 Å². The Bertz CT molecular complexity index is 797. The highest BCUT2D eigenvalue weighted by Crippen LogP contribution is 2.28. The van der Waals surface area contributed by atoms with Crippen molar-refractivity contribution < 1.29 is 9.90 Å². The first kappa shape index (κ1) is 20.1. The number of hydrogen-bond donors (Lipinski definition) is 2. The van der Waals surface area contributed by atoms with Gasteiger partial charge >= 0.3 is 0 Å². The molecule has 2 aliphatic carbocycles. The van der Waals surface area contributed by atoms with Crippen LogP contribution in [0.25, 0.3) is 0 Å². The number of rotatable bonds is 5. The van der Waals surface area contributed by atoms with Crippen LogP contribution in [0, 0.1) is 5.92 Å². The number of nitrogens with zero attached hydrogens (tertiary/aromatic N) is 3. The summed E-state index contributed by atoms with van der Waals surface area (Å²) in [5.41, 5.74) is -0.157. The van der Waals surface area contributed by atoms with Crippen LogP contribution in [0.3, 0.4) is 0 Å². The van der Waals surface area contributed by atoms with Crippen LogP contribution in [0.2, 0.25) is 0 Å². The second-order valence-electron chi connectivity index (χ2n) is 8.62. The third kappa shape index (κ3) is 4.55. The maximum absolute atomic E-state index is 12.5. The number of aromatic nitrogens is 2. The van der Waals surface area contributed by atoms with Gasteiger partial charge in [0.15, 0.2) is 0 Å². The Hall–Kier alpha value is -2.15. The van der Waals surface area contributed by atoms with Crippen molar-refractivity contribution in [2.24, 2.45) is 5.92 Å². The summed E-state index contributed by atoms with van der Waals surface area (Å²) in [6.07, 6.45) is 12.0. The standard InChI is InChI=1S/C22H32N4O3/c27-19-11-4-3-10-18(19)26-21(28)13-12-20(24-26)25-14-6-5-9-17(25)15-23-22(29)16-7-1-2-8-16/h1-2,12-13,16-19,27H,3-11,14-15H2,(H,23,29). The van der Waals surface area contributed by atoms with Gasteiger partial charge in [0, 0.05) is 31.1 Å². The lowest BCUT2D eigenvalue weighted by atomic mass is 9.93. The lowest BCUT2D eigenvalue weighted by Gasteiger charge is -2.37. The Balaban J connectivity index is 1.48. The van der Waals surface area contributed by atoms with Crippen molar-refractivity contribution >= 4 is 11.7 Å². The zero-order valence-electron chi connectivity index (χ0n) is 17.0. The summed E-state index contributed by atoms with van der Waals surface area (Å²) < 4.78 is 1.49. The van der Waals surface area contributed by atoms with E-state index in [0.717, 1.165) is 70.2 Å². The molecule has 0 spiro atoms. The first-order chi connectivity index (χ1) is 14.1. The molecule has 3 aliphatic rings. The fraction of sp³-hybridized carbons (Fsp3) is 0.682. The van der Waals surface area contributed by atoms with Gasteiger partial charge in [0.05, 0.1) is 12.1 Å². The molecule has 3 unspecified atom stereocenters. The molecule has 1 saturated carbocycles. The van der Waals surface area contributed by atoms with Gasteiger partial charge in [-0.2, -0.15) is 5.10 Å². The molecule has 1 saturated heterocycles. The molecule has 1 aromatic rings. The molecule has 1 aromatic heterocycles. The minimum Gasteiger partial charge on any atom is -0.391 e. The molecular formula is C22H32N4O3. The number of nitrogens with one attached hydrogen (secondary N) is 1. The summed E-state index contributed by atoms with van der Waals surface area (Å²) in [7, 11) is 0. The summed E-state index contributed by atoms with van der Waals surface area (Å²) in [5.74, 6) is 0.965. The number of anilines is 1. The first-order valence-corrected chi connectivity index (χ1v) is 11.1. The Morgan fingerprint density at radius 3 is 2.66 bits per heavy atom. The lowest BCUT2D eigenvalue weighted by molar-refractivity contribution is -0.124. The van der Waals surface area contributed by atoms with E-state index in [1.807, 2.05) is 0 Å². The molecule has 158 valence electrons. The molecule has 0 radical (unpaired) electrons.